The normalized spacial score (nSPS) is 18.7. The van der Waals surface area contributed by atoms with Gasteiger partial charge < -0.3 is 4.90 Å². The summed E-state index contributed by atoms with van der Waals surface area (Å²) in [6, 6.07) is 9.11. The lowest BCUT2D eigenvalue weighted by Gasteiger charge is -2.29. The number of hydrogen-bond donors (Lipinski definition) is 0. The van der Waals surface area contributed by atoms with Crippen molar-refractivity contribution in [2.24, 2.45) is 0 Å². The standard InChI is InChI=1S/C15H20N2O2/c1-3-16(4-2)15(19)13-10-11-14(18)17(13)12-8-6-5-7-9-12/h5-9,13H,3-4,10-11H2,1-2H3. The Kier molecular flexibility index (Phi) is 4.20. The molecule has 1 fully saturated rings. The van der Waals surface area contributed by atoms with Gasteiger partial charge >= 0.3 is 0 Å². The molecule has 0 saturated carbocycles. The zero-order valence-corrected chi connectivity index (χ0v) is 11.5. The molecule has 4 heteroatoms. The highest BCUT2D eigenvalue weighted by Crippen LogP contribution is 2.27. The molecule has 4 nitrogen and oxygen atoms in total. The Morgan fingerprint density at radius 3 is 2.47 bits per heavy atom. The SMILES string of the molecule is CCN(CC)C(=O)C1CCC(=O)N1c1ccccc1. The van der Waals surface area contributed by atoms with Gasteiger partial charge in [-0.3, -0.25) is 14.5 Å². The van der Waals surface area contributed by atoms with Gasteiger partial charge in [0.25, 0.3) is 0 Å². The van der Waals surface area contributed by atoms with E-state index in [1.807, 2.05) is 44.2 Å². The largest absolute Gasteiger partial charge is 0.341 e. The molecule has 1 heterocycles. The molecule has 1 aliphatic heterocycles. The summed E-state index contributed by atoms with van der Waals surface area (Å²) in [5.41, 5.74) is 0.815. The molecule has 1 saturated heterocycles. The van der Waals surface area contributed by atoms with Crippen molar-refractivity contribution in [1.82, 2.24) is 4.90 Å². The number of anilines is 1. The average molecular weight is 260 g/mol. The van der Waals surface area contributed by atoms with E-state index < -0.39 is 0 Å². The molecule has 1 aromatic rings. The lowest BCUT2D eigenvalue weighted by molar-refractivity contribution is -0.132. The summed E-state index contributed by atoms with van der Waals surface area (Å²) in [7, 11) is 0. The smallest absolute Gasteiger partial charge is 0.245 e. The van der Waals surface area contributed by atoms with E-state index in [0.717, 1.165) is 5.69 Å². The zero-order valence-electron chi connectivity index (χ0n) is 11.5. The number of carbonyl (C=O) groups excluding carboxylic acids is 2. The van der Waals surface area contributed by atoms with Crippen LogP contribution in [0.25, 0.3) is 0 Å². The molecular formula is C15H20N2O2. The number of para-hydroxylation sites is 1. The van der Waals surface area contributed by atoms with Gasteiger partial charge in [-0.15, -0.1) is 0 Å². The Morgan fingerprint density at radius 2 is 1.89 bits per heavy atom. The van der Waals surface area contributed by atoms with Crippen molar-refractivity contribution < 1.29 is 9.59 Å². The van der Waals surface area contributed by atoms with Crippen LogP contribution < -0.4 is 4.90 Å². The van der Waals surface area contributed by atoms with Crippen LogP contribution in [-0.4, -0.2) is 35.8 Å². The topological polar surface area (TPSA) is 40.6 Å². The molecule has 1 aromatic carbocycles. The third kappa shape index (κ3) is 2.62. The van der Waals surface area contributed by atoms with Crippen molar-refractivity contribution in [1.29, 1.82) is 0 Å². The maximum Gasteiger partial charge on any atom is 0.245 e. The van der Waals surface area contributed by atoms with E-state index in [0.29, 0.717) is 25.9 Å². The molecule has 2 rings (SSSR count). The van der Waals surface area contributed by atoms with Crippen LogP contribution in [0, 0.1) is 0 Å². The highest BCUT2D eigenvalue weighted by molar-refractivity contribution is 6.03. The number of hydrogen-bond acceptors (Lipinski definition) is 2. The fraction of sp³-hybridized carbons (Fsp3) is 0.467. The highest BCUT2D eigenvalue weighted by Gasteiger charge is 2.38. The van der Waals surface area contributed by atoms with Gasteiger partial charge in [-0.05, 0) is 32.4 Å². The van der Waals surface area contributed by atoms with E-state index in [-0.39, 0.29) is 17.9 Å². The first-order chi connectivity index (χ1) is 9.19. The zero-order chi connectivity index (χ0) is 13.8. The fourth-order valence-corrected chi connectivity index (χ4v) is 2.58. The molecule has 19 heavy (non-hydrogen) atoms. The Balaban J connectivity index is 2.25. The fourth-order valence-electron chi connectivity index (χ4n) is 2.58. The quantitative estimate of drug-likeness (QED) is 0.831. The number of amides is 2. The average Bonchev–Trinajstić information content (AvgIpc) is 2.83. The van der Waals surface area contributed by atoms with Gasteiger partial charge in [0.2, 0.25) is 11.8 Å². The molecule has 1 aliphatic rings. The van der Waals surface area contributed by atoms with E-state index in [4.69, 9.17) is 0 Å². The molecule has 0 radical (unpaired) electrons. The second-order valence-electron chi connectivity index (χ2n) is 4.66. The predicted molar refractivity (Wildman–Crippen MR) is 74.9 cm³/mol. The van der Waals surface area contributed by atoms with Crippen molar-refractivity contribution in [3.63, 3.8) is 0 Å². The van der Waals surface area contributed by atoms with E-state index in [9.17, 15) is 9.59 Å². The number of rotatable bonds is 4. The number of benzene rings is 1. The molecule has 0 spiro atoms. The van der Waals surface area contributed by atoms with Gasteiger partial charge in [0.15, 0.2) is 0 Å². The Labute approximate surface area is 114 Å². The molecule has 0 aliphatic carbocycles. The van der Waals surface area contributed by atoms with Crippen LogP contribution >= 0.6 is 0 Å². The van der Waals surface area contributed by atoms with Gasteiger partial charge in [0, 0.05) is 25.2 Å². The second kappa shape index (κ2) is 5.87. The van der Waals surface area contributed by atoms with E-state index >= 15 is 0 Å². The predicted octanol–water partition coefficient (Wildman–Crippen LogP) is 2.05. The van der Waals surface area contributed by atoms with Crippen LogP contribution in [0.5, 0.6) is 0 Å². The van der Waals surface area contributed by atoms with Crippen molar-refractivity contribution in [3.05, 3.63) is 30.3 Å². The number of likely N-dealkylation sites (N-methyl/N-ethyl adjacent to an activating group) is 1. The van der Waals surface area contributed by atoms with E-state index in [1.54, 1.807) is 9.80 Å². The molecule has 0 aromatic heterocycles. The van der Waals surface area contributed by atoms with Gasteiger partial charge in [-0.2, -0.15) is 0 Å². The first-order valence-electron chi connectivity index (χ1n) is 6.85. The van der Waals surface area contributed by atoms with Crippen LogP contribution in [0.1, 0.15) is 26.7 Å². The third-order valence-electron chi connectivity index (χ3n) is 3.61. The summed E-state index contributed by atoms with van der Waals surface area (Å²) in [6.07, 6.45) is 1.07. The van der Waals surface area contributed by atoms with E-state index in [1.165, 1.54) is 0 Å². The van der Waals surface area contributed by atoms with Crippen molar-refractivity contribution in [2.75, 3.05) is 18.0 Å². The maximum atomic E-state index is 12.5. The summed E-state index contributed by atoms with van der Waals surface area (Å²) in [5.74, 6) is 0.0939. The second-order valence-corrected chi connectivity index (χ2v) is 4.66. The van der Waals surface area contributed by atoms with Crippen molar-refractivity contribution in [2.45, 2.75) is 32.7 Å². The monoisotopic (exact) mass is 260 g/mol. The minimum absolute atomic E-state index is 0.0386. The van der Waals surface area contributed by atoms with Crippen LogP contribution in [0.2, 0.25) is 0 Å². The van der Waals surface area contributed by atoms with Crippen molar-refractivity contribution in [3.8, 4) is 0 Å². The molecule has 1 unspecified atom stereocenters. The lowest BCUT2D eigenvalue weighted by atomic mass is 10.1. The first-order valence-corrected chi connectivity index (χ1v) is 6.85. The number of carbonyl (C=O) groups is 2. The first kappa shape index (κ1) is 13.6. The van der Waals surface area contributed by atoms with Crippen molar-refractivity contribution >= 4 is 17.5 Å². The Hall–Kier alpha value is -1.84. The van der Waals surface area contributed by atoms with Crippen LogP contribution in [0.15, 0.2) is 30.3 Å². The van der Waals surface area contributed by atoms with Gasteiger partial charge in [0.05, 0.1) is 0 Å². The summed E-state index contributed by atoms with van der Waals surface area (Å²) >= 11 is 0. The summed E-state index contributed by atoms with van der Waals surface area (Å²) in [5, 5.41) is 0. The highest BCUT2D eigenvalue weighted by atomic mass is 16.2. The van der Waals surface area contributed by atoms with Crippen LogP contribution in [0.4, 0.5) is 5.69 Å². The minimum atomic E-state index is -0.338. The van der Waals surface area contributed by atoms with Gasteiger partial charge in [-0.1, -0.05) is 18.2 Å². The minimum Gasteiger partial charge on any atom is -0.341 e. The third-order valence-corrected chi connectivity index (χ3v) is 3.61. The summed E-state index contributed by atoms with van der Waals surface area (Å²) in [4.78, 5) is 28.0. The summed E-state index contributed by atoms with van der Waals surface area (Å²) < 4.78 is 0. The summed E-state index contributed by atoms with van der Waals surface area (Å²) in [6.45, 7) is 5.29. The Morgan fingerprint density at radius 1 is 1.26 bits per heavy atom. The molecule has 0 N–H and O–H groups in total. The van der Waals surface area contributed by atoms with Gasteiger partial charge in [0.1, 0.15) is 6.04 Å². The molecule has 102 valence electrons. The van der Waals surface area contributed by atoms with Gasteiger partial charge in [-0.25, -0.2) is 0 Å². The Bertz CT molecular complexity index is 454. The molecule has 2 amide bonds. The number of nitrogens with zero attached hydrogens (tertiary/aromatic N) is 2. The maximum absolute atomic E-state index is 12.5. The molecule has 0 bridgehead atoms. The van der Waals surface area contributed by atoms with E-state index in [2.05, 4.69) is 0 Å². The lowest BCUT2D eigenvalue weighted by Crippen LogP contribution is -2.46. The van der Waals surface area contributed by atoms with Crippen LogP contribution in [0.3, 0.4) is 0 Å². The molecular weight excluding hydrogens is 240 g/mol. The van der Waals surface area contributed by atoms with Crippen LogP contribution in [-0.2, 0) is 9.59 Å². The molecule has 1 atom stereocenters.